The van der Waals surface area contributed by atoms with Crippen LogP contribution in [0.3, 0.4) is 0 Å². The Morgan fingerprint density at radius 1 is 1.17 bits per heavy atom. The van der Waals surface area contributed by atoms with Crippen molar-refractivity contribution >= 4 is 28.6 Å². The fraction of sp³-hybridized carbons (Fsp3) is 0.333. The molecule has 1 aromatic carbocycles. The number of halogens is 3. The first kappa shape index (κ1) is 15.2. The van der Waals surface area contributed by atoms with Gasteiger partial charge in [0.15, 0.2) is 17.0 Å². The van der Waals surface area contributed by atoms with Gasteiger partial charge in [-0.05, 0) is 17.7 Å². The molecular formula is C15H13ClF2N6. The van der Waals surface area contributed by atoms with Crippen molar-refractivity contribution in [2.45, 2.75) is 18.9 Å². The summed E-state index contributed by atoms with van der Waals surface area (Å²) in [7, 11) is 0. The molecule has 6 nitrogen and oxygen atoms in total. The third kappa shape index (κ3) is 2.77. The summed E-state index contributed by atoms with van der Waals surface area (Å²) in [6.07, 6.45) is 1.17. The average molecular weight is 351 g/mol. The van der Waals surface area contributed by atoms with Crippen LogP contribution in [0, 0.1) is 0 Å². The number of fused-ring (bicyclic) bond motifs is 1. The predicted octanol–water partition coefficient (Wildman–Crippen LogP) is 2.77. The van der Waals surface area contributed by atoms with Crippen LogP contribution in [0.1, 0.15) is 12.0 Å². The summed E-state index contributed by atoms with van der Waals surface area (Å²) in [6, 6.07) is 7.36. The summed E-state index contributed by atoms with van der Waals surface area (Å²) in [5.41, 5.74) is 1.94. The van der Waals surface area contributed by atoms with Crippen molar-refractivity contribution in [1.29, 1.82) is 0 Å². The van der Waals surface area contributed by atoms with Crippen molar-refractivity contribution in [1.82, 2.24) is 25.0 Å². The summed E-state index contributed by atoms with van der Waals surface area (Å²) < 4.78 is 28.6. The van der Waals surface area contributed by atoms with E-state index < -0.39 is 5.92 Å². The number of anilines is 1. The molecule has 1 aliphatic heterocycles. The maximum absolute atomic E-state index is 13.5. The SMILES string of the molecule is FC1(F)CCN(c2ncnc3c2nnn3Cc2ccc(Cl)cc2)C1. The lowest BCUT2D eigenvalue weighted by atomic mass is 10.2. The summed E-state index contributed by atoms with van der Waals surface area (Å²) in [5.74, 6) is -2.30. The first-order chi connectivity index (χ1) is 11.5. The Balaban J connectivity index is 1.67. The van der Waals surface area contributed by atoms with Crippen LogP contribution in [0.4, 0.5) is 14.6 Å². The molecule has 0 atom stereocenters. The van der Waals surface area contributed by atoms with Crippen molar-refractivity contribution in [3.05, 3.63) is 41.2 Å². The molecule has 1 aliphatic rings. The van der Waals surface area contributed by atoms with Gasteiger partial charge in [-0.15, -0.1) is 5.10 Å². The lowest BCUT2D eigenvalue weighted by Crippen LogP contribution is -2.25. The lowest BCUT2D eigenvalue weighted by molar-refractivity contribution is 0.0257. The summed E-state index contributed by atoms with van der Waals surface area (Å²) in [4.78, 5) is 9.88. The Labute approximate surface area is 141 Å². The second-order valence-electron chi connectivity index (χ2n) is 5.77. The number of alkyl halides is 2. The van der Waals surface area contributed by atoms with Gasteiger partial charge in [-0.25, -0.2) is 23.4 Å². The second-order valence-corrected chi connectivity index (χ2v) is 6.21. The second kappa shape index (κ2) is 5.62. The van der Waals surface area contributed by atoms with Gasteiger partial charge in [0, 0.05) is 18.0 Å². The van der Waals surface area contributed by atoms with Crippen LogP contribution in [0.2, 0.25) is 5.02 Å². The Hall–Kier alpha value is -2.35. The van der Waals surface area contributed by atoms with E-state index in [0.717, 1.165) is 5.56 Å². The fourth-order valence-corrected chi connectivity index (χ4v) is 2.92. The molecule has 4 rings (SSSR count). The molecule has 1 saturated heterocycles. The summed E-state index contributed by atoms with van der Waals surface area (Å²) in [6.45, 7) is 0.340. The van der Waals surface area contributed by atoms with Crippen molar-refractivity contribution in [2.24, 2.45) is 0 Å². The molecule has 1 fully saturated rings. The summed E-state index contributed by atoms with van der Waals surface area (Å²) in [5, 5.41) is 8.85. The van der Waals surface area contributed by atoms with Gasteiger partial charge < -0.3 is 4.90 Å². The van der Waals surface area contributed by atoms with E-state index in [2.05, 4.69) is 20.3 Å². The van der Waals surface area contributed by atoms with E-state index in [1.54, 1.807) is 16.8 Å². The normalized spacial score (nSPS) is 16.9. The minimum absolute atomic E-state index is 0.183. The fourth-order valence-electron chi connectivity index (χ4n) is 2.80. The lowest BCUT2D eigenvalue weighted by Gasteiger charge is -2.16. The monoisotopic (exact) mass is 350 g/mol. The number of nitrogens with zero attached hydrogens (tertiary/aromatic N) is 6. The maximum atomic E-state index is 13.5. The zero-order valence-electron chi connectivity index (χ0n) is 12.5. The van der Waals surface area contributed by atoms with Crippen molar-refractivity contribution in [2.75, 3.05) is 18.0 Å². The molecule has 9 heteroatoms. The number of aromatic nitrogens is 5. The highest BCUT2D eigenvalue weighted by Gasteiger charge is 2.39. The minimum atomic E-state index is -2.70. The molecule has 0 bridgehead atoms. The molecule has 0 unspecified atom stereocenters. The van der Waals surface area contributed by atoms with Gasteiger partial charge in [-0.2, -0.15) is 0 Å². The molecule has 3 aromatic rings. The van der Waals surface area contributed by atoms with Crippen LogP contribution in [0.25, 0.3) is 11.2 Å². The van der Waals surface area contributed by atoms with Crippen molar-refractivity contribution in [3.63, 3.8) is 0 Å². The van der Waals surface area contributed by atoms with Crippen LogP contribution < -0.4 is 4.90 Å². The molecule has 0 N–H and O–H groups in total. The smallest absolute Gasteiger partial charge is 0.266 e. The zero-order valence-corrected chi connectivity index (χ0v) is 13.3. The number of rotatable bonds is 3. The van der Waals surface area contributed by atoms with Gasteiger partial charge in [-0.3, -0.25) is 0 Å². The molecule has 0 aliphatic carbocycles. The molecule has 0 radical (unpaired) electrons. The highest BCUT2D eigenvalue weighted by atomic mass is 35.5. The Bertz CT molecular complexity index is 879. The zero-order chi connectivity index (χ0) is 16.7. The number of benzene rings is 1. The standard InChI is InChI=1S/C15H13ClF2N6/c16-11-3-1-10(2-4-11)7-24-14-12(21-22-24)13(19-9-20-14)23-6-5-15(17,18)8-23/h1-4,9H,5-8H2. The number of hydrogen-bond donors (Lipinski definition) is 0. The van der Waals surface area contributed by atoms with Crippen LogP contribution >= 0.6 is 11.6 Å². The molecule has 2 aromatic heterocycles. The molecule has 0 spiro atoms. The van der Waals surface area contributed by atoms with Crippen molar-refractivity contribution < 1.29 is 8.78 Å². The van der Waals surface area contributed by atoms with Crippen molar-refractivity contribution in [3.8, 4) is 0 Å². The summed E-state index contributed by atoms with van der Waals surface area (Å²) >= 11 is 5.88. The molecule has 0 amide bonds. The molecule has 0 saturated carbocycles. The van der Waals surface area contributed by atoms with Gasteiger partial charge in [-0.1, -0.05) is 28.9 Å². The van der Waals surface area contributed by atoms with Gasteiger partial charge >= 0.3 is 0 Å². The largest absolute Gasteiger partial charge is 0.348 e. The average Bonchev–Trinajstić information content (AvgIpc) is 3.13. The minimum Gasteiger partial charge on any atom is -0.348 e. The van der Waals surface area contributed by atoms with Gasteiger partial charge in [0.05, 0.1) is 13.1 Å². The molecule has 24 heavy (non-hydrogen) atoms. The van der Waals surface area contributed by atoms with Crippen LogP contribution in [-0.4, -0.2) is 44.0 Å². The highest BCUT2D eigenvalue weighted by molar-refractivity contribution is 6.30. The van der Waals surface area contributed by atoms with Gasteiger partial charge in [0.2, 0.25) is 0 Å². The first-order valence-electron chi connectivity index (χ1n) is 7.43. The van der Waals surface area contributed by atoms with Gasteiger partial charge in [0.25, 0.3) is 5.92 Å². The quantitative estimate of drug-likeness (QED) is 0.727. The third-order valence-electron chi connectivity index (χ3n) is 4.00. The van der Waals surface area contributed by atoms with E-state index in [9.17, 15) is 8.78 Å². The Morgan fingerprint density at radius 2 is 1.96 bits per heavy atom. The van der Waals surface area contributed by atoms with Crippen LogP contribution in [0.15, 0.2) is 30.6 Å². The Kier molecular flexibility index (Phi) is 3.56. The van der Waals surface area contributed by atoms with E-state index in [1.165, 1.54) is 11.2 Å². The van der Waals surface area contributed by atoms with E-state index >= 15 is 0 Å². The van der Waals surface area contributed by atoms with Crippen LogP contribution in [0.5, 0.6) is 0 Å². The topological polar surface area (TPSA) is 59.7 Å². The van der Waals surface area contributed by atoms with E-state index in [4.69, 9.17) is 11.6 Å². The van der Waals surface area contributed by atoms with Gasteiger partial charge in [0.1, 0.15) is 6.33 Å². The first-order valence-corrected chi connectivity index (χ1v) is 7.81. The molecule has 124 valence electrons. The van der Waals surface area contributed by atoms with Crippen LogP contribution in [-0.2, 0) is 6.54 Å². The number of hydrogen-bond acceptors (Lipinski definition) is 5. The van der Waals surface area contributed by atoms with E-state index in [-0.39, 0.29) is 19.5 Å². The third-order valence-corrected chi connectivity index (χ3v) is 4.25. The molecule has 3 heterocycles. The highest BCUT2D eigenvalue weighted by Crippen LogP contribution is 2.32. The maximum Gasteiger partial charge on any atom is 0.266 e. The molecular weight excluding hydrogens is 338 g/mol. The van der Waals surface area contributed by atoms with E-state index in [1.807, 2.05) is 12.1 Å². The predicted molar refractivity (Wildman–Crippen MR) is 85.4 cm³/mol. The van der Waals surface area contributed by atoms with E-state index in [0.29, 0.717) is 28.5 Å². The Morgan fingerprint density at radius 3 is 2.67 bits per heavy atom.